The molecule has 4 heteroatoms. The van der Waals surface area contributed by atoms with Crippen LogP contribution in [0.4, 0.5) is 0 Å². The smallest absolute Gasteiger partial charge is 0.179 e. The summed E-state index contributed by atoms with van der Waals surface area (Å²) in [5, 5.41) is 0. The van der Waals surface area contributed by atoms with Crippen LogP contribution in [-0.4, -0.2) is 21.5 Å². The van der Waals surface area contributed by atoms with Crippen LogP contribution in [0.25, 0.3) is 0 Å². The van der Waals surface area contributed by atoms with Crippen molar-refractivity contribution < 1.29 is 0 Å². The van der Waals surface area contributed by atoms with E-state index in [0.717, 1.165) is 0 Å². The first kappa shape index (κ1) is 12.1. The number of hydrogen-bond acceptors (Lipinski definition) is 4. The fourth-order valence-electron chi connectivity index (χ4n) is 1.24. The molecule has 0 atom stereocenters. The molecule has 0 amide bonds. The van der Waals surface area contributed by atoms with Crippen LogP contribution in [0.2, 0.25) is 0 Å². The monoisotopic (exact) mass is 237 g/mol. The Morgan fingerprint density at radius 1 is 1.08 bits per heavy atom. The Labute approximate surface area is 95.2 Å². The van der Waals surface area contributed by atoms with Crippen LogP contribution < -0.4 is 0 Å². The van der Waals surface area contributed by atoms with E-state index in [1.807, 2.05) is 21.6 Å². The maximum atomic E-state index is 4.66. The third kappa shape index (κ3) is 3.94. The summed E-state index contributed by atoms with van der Waals surface area (Å²) >= 11 is 4.66. The third-order valence-corrected chi connectivity index (χ3v) is 6.20. The van der Waals surface area contributed by atoms with E-state index in [-0.39, 0.29) is 3.54 Å². The highest BCUT2D eigenvalue weighted by atomic mass is 33.2. The molecule has 0 N–H and O–H groups in total. The third-order valence-electron chi connectivity index (χ3n) is 2.20. The van der Waals surface area contributed by atoms with E-state index in [1.54, 1.807) is 0 Å². The van der Waals surface area contributed by atoms with Crippen molar-refractivity contribution >= 4 is 34.2 Å². The second-order valence-electron chi connectivity index (χ2n) is 3.41. The van der Waals surface area contributed by atoms with Crippen LogP contribution in [0.15, 0.2) is 0 Å². The quantitative estimate of drug-likeness (QED) is 0.310. The minimum absolute atomic E-state index is 0.129. The molecule has 1 heterocycles. The first-order chi connectivity index (χ1) is 6.23. The van der Waals surface area contributed by atoms with Gasteiger partial charge < -0.3 is 0 Å². The first-order valence-corrected chi connectivity index (χ1v) is 7.67. The lowest BCUT2D eigenvalue weighted by molar-refractivity contribution is 0.285. The summed E-state index contributed by atoms with van der Waals surface area (Å²) in [4.78, 5) is 2.51. The van der Waals surface area contributed by atoms with Crippen LogP contribution >= 0.6 is 34.2 Å². The van der Waals surface area contributed by atoms with Gasteiger partial charge in [-0.05, 0) is 34.4 Å². The van der Waals surface area contributed by atoms with Crippen LogP contribution in [-0.2, 0) is 0 Å². The van der Waals surface area contributed by atoms with Crippen LogP contribution in [0.3, 0.4) is 0 Å². The summed E-state index contributed by atoms with van der Waals surface area (Å²) in [6.45, 7) is 6.91. The van der Waals surface area contributed by atoms with Crippen LogP contribution in [0.5, 0.6) is 0 Å². The number of thiol groups is 1. The van der Waals surface area contributed by atoms with Gasteiger partial charge in [0.15, 0.2) is 3.54 Å². The zero-order valence-electron chi connectivity index (χ0n) is 8.45. The van der Waals surface area contributed by atoms with Crippen molar-refractivity contribution in [1.82, 2.24) is 4.90 Å². The molecule has 0 bridgehead atoms. The van der Waals surface area contributed by atoms with E-state index >= 15 is 0 Å². The van der Waals surface area contributed by atoms with Crippen molar-refractivity contribution in [2.24, 2.45) is 0 Å². The van der Waals surface area contributed by atoms with Crippen LogP contribution in [0.1, 0.15) is 39.5 Å². The molecule has 78 valence electrons. The maximum absolute atomic E-state index is 4.66. The highest BCUT2D eigenvalue weighted by Crippen LogP contribution is 2.68. The SMILES string of the molecule is CCCCN(CCCC)C1(S)SS1. The lowest BCUT2D eigenvalue weighted by Crippen LogP contribution is -2.33. The summed E-state index contributed by atoms with van der Waals surface area (Å²) in [7, 11) is 3.77. The Hall–Kier alpha value is 1.01. The van der Waals surface area contributed by atoms with Gasteiger partial charge in [0, 0.05) is 13.1 Å². The molecule has 0 aromatic rings. The predicted octanol–water partition coefficient (Wildman–Crippen LogP) is 3.82. The van der Waals surface area contributed by atoms with Crippen molar-refractivity contribution in [3.8, 4) is 0 Å². The Morgan fingerprint density at radius 2 is 1.54 bits per heavy atom. The Balaban J connectivity index is 2.26. The van der Waals surface area contributed by atoms with E-state index in [2.05, 4.69) is 31.4 Å². The van der Waals surface area contributed by atoms with Gasteiger partial charge in [-0.25, -0.2) is 0 Å². The summed E-state index contributed by atoms with van der Waals surface area (Å²) in [5.41, 5.74) is 0. The van der Waals surface area contributed by atoms with Crippen molar-refractivity contribution in [3.63, 3.8) is 0 Å². The Morgan fingerprint density at radius 3 is 1.85 bits per heavy atom. The van der Waals surface area contributed by atoms with Gasteiger partial charge in [-0.3, -0.25) is 4.90 Å². The summed E-state index contributed by atoms with van der Waals surface area (Å²) in [5.74, 6) is 0. The molecule has 1 nitrogen and oxygen atoms in total. The zero-order valence-corrected chi connectivity index (χ0v) is 11.0. The van der Waals surface area contributed by atoms with Gasteiger partial charge in [-0.15, -0.1) is 12.6 Å². The number of rotatable bonds is 7. The number of hydrogen-bond donors (Lipinski definition) is 1. The maximum Gasteiger partial charge on any atom is 0.179 e. The lowest BCUT2D eigenvalue weighted by atomic mass is 10.3. The Bertz CT molecular complexity index is 140. The predicted molar refractivity (Wildman–Crippen MR) is 68.3 cm³/mol. The normalized spacial score (nSPS) is 19.4. The van der Waals surface area contributed by atoms with Gasteiger partial charge in [0.05, 0.1) is 0 Å². The molecular weight excluding hydrogens is 218 g/mol. The summed E-state index contributed by atoms with van der Waals surface area (Å²) < 4.78 is 0.129. The highest BCUT2D eigenvalue weighted by Gasteiger charge is 2.47. The largest absolute Gasteiger partial charge is 0.271 e. The lowest BCUT2D eigenvalue weighted by Gasteiger charge is -2.25. The Kier molecular flexibility index (Phi) is 5.38. The molecule has 0 unspecified atom stereocenters. The molecule has 1 aliphatic heterocycles. The van der Waals surface area contributed by atoms with Crippen molar-refractivity contribution in [2.75, 3.05) is 13.1 Å². The molecule has 13 heavy (non-hydrogen) atoms. The molecule has 1 aliphatic rings. The van der Waals surface area contributed by atoms with Gasteiger partial charge >= 0.3 is 0 Å². The van der Waals surface area contributed by atoms with E-state index in [9.17, 15) is 0 Å². The van der Waals surface area contributed by atoms with E-state index < -0.39 is 0 Å². The molecule has 0 aliphatic carbocycles. The fourth-order valence-corrected chi connectivity index (χ4v) is 3.28. The van der Waals surface area contributed by atoms with Crippen molar-refractivity contribution in [2.45, 2.75) is 43.1 Å². The minimum Gasteiger partial charge on any atom is -0.271 e. The highest BCUT2D eigenvalue weighted by molar-refractivity contribution is 8.96. The molecule has 0 aromatic heterocycles. The number of nitrogens with zero attached hydrogens (tertiary/aromatic N) is 1. The first-order valence-electron chi connectivity index (χ1n) is 5.07. The molecule has 0 spiro atoms. The zero-order chi connectivity index (χ0) is 9.73. The van der Waals surface area contributed by atoms with E-state index in [0.29, 0.717) is 0 Å². The fraction of sp³-hybridized carbons (Fsp3) is 1.00. The molecule has 0 saturated carbocycles. The molecule has 1 fully saturated rings. The van der Waals surface area contributed by atoms with Crippen molar-refractivity contribution in [3.05, 3.63) is 0 Å². The second kappa shape index (κ2) is 5.79. The van der Waals surface area contributed by atoms with Gasteiger partial charge in [0.25, 0.3) is 0 Å². The summed E-state index contributed by atoms with van der Waals surface area (Å²) in [6.07, 6.45) is 5.16. The van der Waals surface area contributed by atoms with Crippen LogP contribution in [0, 0.1) is 0 Å². The standard InChI is InChI=1S/C9H19NS3/c1-3-5-7-10(8-6-4-2)9(11)12-13-9/h11H,3-8H2,1-2H3. The van der Waals surface area contributed by atoms with Gasteiger partial charge in [-0.1, -0.05) is 26.7 Å². The second-order valence-corrected chi connectivity index (χ2v) is 7.44. The average Bonchev–Trinajstić information content (AvgIpc) is 2.85. The van der Waals surface area contributed by atoms with Gasteiger partial charge in [0.2, 0.25) is 0 Å². The molecule has 1 saturated heterocycles. The molecule has 0 radical (unpaired) electrons. The van der Waals surface area contributed by atoms with Gasteiger partial charge in [-0.2, -0.15) is 0 Å². The topological polar surface area (TPSA) is 3.24 Å². The minimum atomic E-state index is 0.129. The van der Waals surface area contributed by atoms with Gasteiger partial charge in [0.1, 0.15) is 0 Å². The average molecular weight is 237 g/mol. The van der Waals surface area contributed by atoms with E-state index in [1.165, 1.54) is 38.8 Å². The van der Waals surface area contributed by atoms with E-state index in [4.69, 9.17) is 0 Å². The molecular formula is C9H19NS3. The molecule has 0 aromatic carbocycles. The molecule has 1 rings (SSSR count). The summed E-state index contributed by atoms with van der Waals surface area (Å²) in [6, 6.07) is 0. The number of unbranched alkanes of at least 4 members (excludes halogenated alkanes) is 2. The van der Waals surface area contributed by atoms with Crippen molar-refractivity contribution in [1.29, 1.82) is 0 Å².